The molecule has 0 N–H and O–H groups in total. The van der Waals surface area contributed by atoms with Gasteiger partial charge in [0.05, 0.1) is 0 Å². The van der Waals surface area contributed by atoms with Crippen LogP contribution in [0.4, 0.5) is 0 Å². The summed E-state index contributed by atoms with van der Waals surface area (Å²) >= 11 is 0. The minimum atomic E-state index is 0.773. The molecular weight excluding hydrogens is 122 g/mol. The van der Waals surface area contributed by atoms with Gasteiger partial charge in [-0.25, -0.2) is 0 Å². The van der Waals surface area contributed by atoms with E-state index < -0.39 is 0 Å². The molecule has 2 aliphatic rings. The first-order valence-corrected chi connectivity index (χ1v) is 4.62. The lowest BCUT2D eigenvalue weighted by molar-refractivity contribution is 0.0767. The highest BCUT2D eigenvalue weighted by atomic mass is 15.3. The molecular formula is C9H19N. The normalized spacial score (nSPS) is 26.7. The second-order valence-corrected chi connectivity index (χ2v) is 3.05. The highest BCUT2D eigenvalue weighted by molar-refractivity contribution is 5.10. The molecule has 1 aliphatic heterocycles. The van der Waals surface area contributed by atoms with Gasteiger partial charge in [0.2, 0.25) is 0 Å². The molecule has 1 saturated carbocycles. The van der Waals surface area contributed by atoms with Gasteiger partial charge in [0.15, 0.2) is 0 Å². The first-order chi connectivity index (χ1) is 4.87. The van der Waals surface area contributed by atoms with Crippen LogP contribution in [-0.2, 0) is 0 Å². The third-order valence-corrected chi connectivity index (χ3v) is 2.73. The standard InChI is InChI=1S/C7H13N.C2H6/c1-2-8-6-5-7(8)3-4-7;1-2/h2-6H2,1H3;1-2H3. The molecule has 0 amide bonds. The van der Waals surface area contributed by atoms with Crippen molar-refractivity contribution in [1.29, 1.82) is 0 Å². The van der Waals surface area contributed by atoms with Crippen molar-refractivity contribution in [1.82, 2.24) is 4.90 Å². The number of hydrogen-bond donors (Lipinski definition) is 0. The molecule has 1 heterocycles. The van der Waals surface area contributed by atoms with Crippen LogP contribution >= 0.6 is 0 Å². The molecule has 0 aromatic heterocycles. The minimum absolute atomic E-state index is 0.773. The van der Waals surface area contributed by atoms with Gasteiger partial charge in [0, 0.05) is 12.1 Å². The Morgan fingerprint density at radius 3 is 1.90 bits per heavy atom. The zero-order valence-electron chi connectivity index (χ0n) is 7.48. The van der Waals surface area contributed by atoms with E-state index >= 15 is 0 Å². The Hall–Kier alpha value is -0.0400. The van der Waals surface area contributed by atoms with Gasteiger partial charge >= 0.3 is 0 Å². The van der Waals surface area contributed by atoms with Crippen molar-refractivity contribution in [2.75, 3.05) is 13.1 Å². The maximum atomic E-state index is 2.60. The van der Waals surface area contributed by atoms with Crippen LogP contribution < -0.4 is 0 Å². The molecule has 0 aromatic rings. The van der Waals surface area contributed by atoms with Crippen LogP contribution in [0.1, 0.15) is 40.0 Å². The van der Waals surface area contributed by atoms with E-state index in [0.717, 1.165) is 5.54 Å². The zero-order chi connectivity index (χ0) is 7.61. The summed E-state index contributed by atoms with van der Waals surface area (Å²) in [5.74, 6) is 0. The first kappa shape index (κ1) is 8.06. The van der Waals surface area contributed by atoms with E-state index in [9.17, 15) is 0 Å². The molecule has 60 valence electrons. The van der Waals surface area contributed by atoms with Crippen molar-refractivity contribution in [2.45, 2.75) is 45.6 Å². The quantitative estimate of drug-likeness (QED) is 0.541. The van der Waals surface area contributed by atoms with Gasteiger partial charge in [-0.3, -0.25) is 4.90 Å². The fourth-order valence-corrected chi connectivity index (χ4v) is 1.79. The molecule has 0 radical (unpaired) electrons. The molecule has 0 atom stereocenters. The molecule has 1 aliphatic carbocycles. The van der Waals surface area contributed by atoms with E-state index in [0.29, 0.717) is 0 Å². The largest absolute Gasteiger partial charge is 0.298 e. The third-order valence-electron chi connectivity index (χ3n) is 2.73. The monoisotopic (exact) mass is 141 g/mol. The highest BCUT2D eigenvalue weighted by Gasteiger charge is 2.52. The summed E-state index contributed by atoms with van der Waals surface area (Å²) in [4.78, 5) is 2.60. The van der Waals surface area contributed by atoms with Gasteiger partial charge in [0.1, 0.15) is 0 Å². The summed E-state index contributed by atoms with van der Waals surface area (Å²) in [5, 5.41) is 0. The first-order valence-electron chi connectivity index (χ1n) is 4.62. The SMILES string of the molecule is CC.CCN1CCC12CC2. The summed E-state index contributed by atoms with van der Waals surface area (Å²) in [6.45, 7) is 8.91. The van der Waals surface area contributed by atoms with Gasteiger partial charge in [-0.15, -0.1) is 0 Å². The van der Waals surface area contributed by atoms with Gasteiger partial charge in [-0.2, -0.15) is 0 Å². The Kier molecular flexibility index (Phi) is 2.35. The van der Waals surface area contributed by atoms with E-state index in [-0.39, 0.29) is 0 Å². The van der Waals surface area contributed by atoms with E-state index in [1.807, 2.05) is 13.8 Å². The average Bonchev–Trinajstić information content (AvgIpc) is 2.71. The summed E-state index contributed by atoms with van der Waals surface area (Å²) in [6.07, 6.45) is 4.46. The van der Waals surface area contributed by atoms with Gasteiger partial charge in [-0.1, -0.05) is 20.8 Å². The Balaban J connectivity index is 0.000000231. The lowest BCUT2D eigenvalue weighted by Crippen LogP contribution is -2.49. The van der Waals surface area contributed by atoms with Crippen LogP contribution in [0.15, 0.2) is 0 Å². The summed E-state index contributed by atoms with van der Waals surface area (Å²) < 4.78 is 0. The van der Waals surface area contributed by atoms with Crippen molar-refractivity contribution >= 4 is 0 Å². The molecule has 1 heteroatoms. The minimum Gasteiger partial charge on any atom is -0.298 e. The van der Waals surface area contributed by atoms with Crippen molar-refractivity contribution in [2.24, 2.45) is 0 Å². The van der Waals surface area contributed by atoms with Crippen LogP contribution in [0, 0.1) is 0 Å². The molecule has 0 unspecified atom stereocenters. The van der Waals surface area contributed by atoms with Crippen molar-refractivity contribution in [3.8, 4) is 0 Å². The smallest absolute Gasteiger partial charge is 0.0223 e. The Morgan fingerprint density at radius 1 is 1.20 bits per heavy atom. The summed E-state index contributed by atoms with van der Waals surface area (Å²) in [6, 6.07) is 0. The molecule has 0 bridgehead atoms. The fourth-order valence-electron chi connectivity index (χ4n) is 1.79. The van der Waals surface area contributed by atoms with Crippen LogP contribution in [0.25, 0.3) is 0 Å². The number of nitrogens with zero attached hydrogens (tertiary/aromatic N) is 1. The van der Waals surface area contributed by atoms with Crippen LogP contribution in [0.2, 0.25) is 0 Å². The fraction of sp³-hybridized carbons (Fsp3) is 1.00. The molecule has 2 fully saturated rings. The number of hydrogen-bond acceptors (Lipinski definition) is 1. The second-order valence-electron chi connectivity index (χ2n) is 3.05. The topological polar surface area (TPSA) is 3.24 Å². The predicted molar refractivity (Wildman–Crippen MR) is 45.2 cm³/mol. The molecule has 1 spiro atoms. The zero-order valence-corrected chi connectivity index (χ0v) is 7.48. The van der Waals surface area contributed by atoms with E-state index in [1.165, 1.54) is 32.4 Å². The van der Waals surface area contributed by atoms with Crippen molar-refractivity contribution in [3.05, 3.63) is 0 Å². The van der Waals surface area contributed by atoms with Gasteiger partial charge < -0.3 is 0 Å². The number of rotatable bonds is 1. The van der Waals surface area contributed by atoms with Gasteiger partial charge in [0.25, 0.3) is 0 Å². The van der Waals surface area contributed by atoms with Crippen molar-refractivity contribution in [3.63, 3.8) is 0 Å². The summed E-state index contributed by atoms with van der Waals surface area (Å²) in [7, 11) is 0. The molecule has 0 aromatic carbocycles. The van der Waals surface area contributed by atoms with Crippen LogP contribution in [-0.4, -0.2) is 23.5 Å². The molecule has 2 rings (SSSR count). The van der Waals surface area contributed by atoms with E-state index in [1.54, 1.807) is 0 Å². The van der Waals surface area contributed by atoms with Crippen LogP contribution in [0.3, 0.4) is 0 Å². The summed E-state index contributed by atoms with van der Waals surface area (Å²) in [5.41, 5.74) is 0.773. The van der Waals surface area contributed by atoms with Gasteiger partial charge in [-0.05, 0) is 25.8 Å². The third kappa shape index (κ3) is 1.07. The highest BCUT2D eigenvalue weighted by Crippen LogP contribution is 2.50. The van der Waals surface area contributed by atoms with Crippen molar-refractivity contribution < 1.29 is 0 Å². The maximum Gasteiger partial charge on any atom is 0.0223 e. The molecule has 1 nitrogen and oxygen atoms in total. The number of likely N-dealkylation sites (tertiary alicyclic amines) is 1. The Bertz CT molecular complexity index is 103. The maximum absolute atomic E-state index is 2.60. The lowest BCUT2D eigenvalue weighted by Gasteiger charge is -2.41. The average molecular weight is 141 g/mol. The van der Waals surface area contributed by atoms with E-state index in [2.05, 4.69) is 11.8 Å². The Labute approximate surface area is 64.4 Å². The second kappa shape index (κ2) is 2.91. The molecule has 1 saturated heterocycles. The van der Waals surface area contributed by atoms with Crippen LogP contribution in [0.5, 0.6) is 0 Å². The predicted octanol–water partition coefficient (Wildman–Crippen LogP) is 2.27. The lowest BCUT2D eigenvalue weighted by atomic mass is 10.0. The molecule has 10 heavy (non-hydrogen) atoms. The van der Waals surface area contributed by atoms with E-state index in [4.69, 9.17) is 0 Å². The Morgan fingerprint density at radius 2 is 1.80 bits per heavy atom.